The molecule has 0 amide bonds. The highest BCUT2D eigenvalue weighted by Gasteiger charge is 2.21. The highest BCUT2D eigenvalue weighted by atomic mass is 32.1. The average molecular weight is 708 g/mol. The van der Waals surface area contributed by atoms with Gasteiger partial charge in [-0.15, -0.1) is 11.3 Å². The summed E-state index contributed by atoms with van der Waals surface area (Å²) in [6.07, 6.45) is 0. The van der Waals surface area contributed by atoms with Gasteiger partial charge in [-0.1, -0.05) is 158 Å². The van der Waals surface area contributed by atoms with Gasteiger partial charge in [-0.25, -0.2) is 15.0 Å². The number of fused-ring (bicyclic) bond motifs is 8. The summed E-state index contributed by atoms with van der Waals surface area (Å²) in [6.45, 7) is 0. The molecular formula is C49H29N3OS. The van der Waals surface area contributed by atoms with Crippen LogP contribution in [0.4, 0.5) is 0 Å². The Labute approximate surface area is 314 Å². The molecule has 0 saturated heterocycles. The quantitative estimate of drug-likeness (QED) is 0.179. The highest BCUT2D eigenvalue weighted by Crippen LogP contribution is 2.44. The van der Waals surface area contributed by atoms with Crippen molar-refractivity contribution in [2.45, 2.75) is 0 Å². The number of hydrogen-bond acceptors (Lipinski definition) is 5. The largest absolute Gasteiger partial charge is 0.455 e. The zero-order valence-electron chi connectivity index (χ0n) is 28.9. The Morgan fingerprint density at radius 3 is 1.74 bits per heavy atom. The standard InChI is InChI=1S/C49H29N3OS/c1-3-13-30(14-4-1)31-25-27-32(28-26-31)34-20-11-21-38-44-39(22-12-23-42(44)53-45(34)38)48-50-47(33-15-5-2-6-16-33)51-49(52-48)41-29-40-36-18-9-10-24-43(36)54-46(40)37-19-8-7-17-35(37)41/h1-29H. The van der Waals surface area contributed by atoms with Gasteiger partial charge in [0.2, 0.25) is 0 Å². The fourth-order valence-electron chi connectivity index (χ4n) is 7.80. The first-order chi connectivity index (χ1) is 26.8. The minimum Gasteiger partial charge on any atom is -0.455 e. The van der Waals surface area contributed by atoms with Crippen molar-refractivity contribution < 1.29 is 4.42 Å². The normalized spacial score (nSPS) is 11.7. The number of nitrogens with zero attached hydrogens (tertiary/aromatic N) is 3. The van der Waals surface area contributed by atoms with Crippen LogP contribution in [0.2, 0.25) is 0 Å². The molecule has 11 rings (SSSR count). The fraction of sp³-hybridized carbons (Fsp3) is 0. The van der Waals surface area contributed by atoms with E-state index in [1.165, 1.54) is 36.7 Å². The van der Waals surface area contributed by atoms with Crippen LogP contribution in [0.5, 0.6) is 0 Å². The molecule has 5 heteroatoms. The number of hydrogen-bond donors (Lipinski definition) is 0. The first kappa shape index (κ1) is 30.7. The molecule has 3 aromatic heterocycles. The van der Waals surface area contributed by atoms with Gasteiger partial charge in [0.15, 0.2) is 17.5 Å². The summed E-state index contributed by atoms with van der Waals surface area (Å²) < 4.78 is 9.25. The van der Waals surface area contributed by atoms with E-state index in [1.807, 2.05) is 47.7 Å². The van der Waals surface area contributed by atoms with Gasteiger partial charge in [0.05, 0.1) is 0 Å². The second kappa shape index (κ2) is 12.3. The summed E-state index contributed by atoms with van der Waals surface area (Å²) in [5.41, 5.74) is 8.94. The van der Waals surface area contributed by atoms with E-state index in [-0.39, 0.29) is 0 Å². The topological polar surface area (TPSA) is 51.8 Å². The van der Waals surface area contributed by atoms with Crippen molar-refractivity contribution >= 4 is 64.2 Å². The Balaban J connectivity index is 1.13. The smallest absolute Gasteiger partial charge is 0.164 e. The third-order valence-corrected chi connectivity index (χ3v) is 11.6. The van der Waals surface area contributed by atoms with Crippen LogP contribution in [-0.4, -0.2) is 15.0 Å². The molecule has 8 aromatic carbocycles. The number of aromatic nitrogens is 3. The molecule has 252 valence electrons. The van der Waals surface area contributed by atoms with Gasteiger partial charge in [0.25, 0.3) is 0 Å². The molecule has 4 nitrogen and oxygen atoms in total. The van der Waals surface area contributed by atoms with Crippen LogP contribution in [0.3, 0.4) is 0 Å². The Morgan fingerprint density at radius 1 is 0.370 bits per heavy atom. The Morgan fingerprint density at radius 2 is 0.944 bits per heavy atom. The van der Waals surface area contributed by atoms with Gasteiger partial charge >= 0.3 is 0 Å². The molecule has 0 aliphatic carbocycles. The van der Waals surface area contributed by atoms with E-state index in [0.29, 0.717) is 17.5 Å². The third kappa shape index (κ3) is 4.94. The van der Waals surface area contributed by atoms with Gasteiger partial charge in [-0.05, 0) is 40.3 Å². The van der Waals surface area contributed by atoms with Crippen molar-refractivity contribution in [3.63, 3.8) is 0 Å². The van der Waals surface area contributed by atoms with Crippen LogP contribution in [-0.2, 0) is 0 Å². The van der Waals surface area contributed by atoms with Crippen molar-refractivity contribution in [3.05, 3.63) is 176 Å². The molecule has 0 saturated carbocycles. The highest BCUT2D eigenvalue weighted by molar-refractivity contribution is 7.26. The summed E-state index contributed by atoms with van der Waals surface area (Å²) in [7, 11) is 0. The summed E-state index contributed by atoms with van der Waals surface area (Å²) in [5, 5.41) is 6.76. The second-order valence-electron chi connectivity index (χ2n) is 13.5. The van der Waals surface area contributed by atoms with E-state index >= 15 is 0 Å². The summed E-state index contributed by atoms with van der Waals surface area (Å²) in [5.74, 6) is 1.86. The number of para-hydroxylation sites is 1. The van der Waals surface area contributed by atoms with Crippen LogP contribution in [0.25, 0.3) is 109 Å². The van der Waals surface area contributed by atoms with Crippen LogP contribution in [0.15, 0.2) is 180 Å². The van der Waals surface area contributed by atoms with Gasteiger partial charge in [-0.2, -0.15) is 0 Å². The predicted molar refractivity (Wildman–Crippen MR) is 225 cm³/mol. The zero-order valence-corrected chi connectivity index (χ0v) is 29.7. The predicted octanol–water partition coefficient (Wildman–Crippen LogP) is 13.6. The molecule has 0 bridgehead atoms. The van der Waals surface area contributed by atoms with Crippen LogP contribution in [0.1, 0.15) is 0 Å². The monoisotopic (exact) mass is 707 g/mol. The Hall–Kier alpha value is -6.95. The van der Waals surface area contributed by atoms with Crippen molar-refractivity contribution in [1.82, 2.24) is 15.0 Å². The minimum atomic E-state index is 0.601. The Kier molecular flexibility index (Phi) is 7.00. The van der Waals surface area contributed by atoms with Gasteiger partial charge in [-0.3, -0.25) is 0 Å². The third-order valence-electron chi connectivity index (χ3n) is 10.4. The van der Waals surface area contributed by atoms with E-state index in [2.05, 4.69) is 140 Å². The lowest BCUT2D eigenvalue weighted by Crippen LogP contribution is -2.01. The number of thiophene rings is 1. The molecule has 54 heavy (non-hydrogen) atoms. The molecule has 0 fully saturated rings. The van der Waals surface area contributed by atoms with Crippen molar-refractivity contribution in [2.75, 3.05) is 0 Å². The van der Waals surface area contributed by atoms with E-state index < -0.39 is 0 Å². The van der Waals surface area contributed by atoms with Gasteiger partial charge < -0.3 is 4.42 Å². The van der Waals surface area contributed by atoms with E-state index in [0.717, 1.165) is 55.1 Å². The fourth-order valence-corrected chi connectivity index (χ4v) is 9.02. The van der Waals surface area contributed by atoms with Crippen molar-refractivity contribution in [1.29, 1.82) is 0 Å². The van der Waals surface area contributed by atoms with Crippen LogP contribution >= 0.6 is 11.3 Å². The lowest BCUT2D eigenvalue weighted by atomic mass is 9.98. The van der Waals surface area contributed by atoms with Crippen molar-refractivity contribution in [3.8, 4) is 56.4 Å². The maximum absolute atomic E-state index is 6.71. The van der Waals surface area contributed by atoms with Crippen LogP contribution in [0, 0.1) is 0 Å². The summed E-state index contributed by atoms with van der Waals surface area (Å²) >= 11 is 1.83. The molecule has 0 spiro atoms. The molecule has 0 unspecified atom stereocenters. The SMILES string of the molecule is c1ccc(-c2ccc(-c3cccc4c3oc3cccc(-c5nc(-c6ccccc6)nc(-c6cc7c8ccccc8sc7c7ccccc67)n5)c34)cc2)cc1. The van der Waals surface area contributed by atoms with E-state index in [1.54, 1.807) is 0 Å². The molecule has 11 aromatic rings. The van der Waals surface area contributed by atoms with Gasteiger partial charge in [0.1, 0.15) is 11.2 Å². The number of furan rings is 1. The van der Waals surface area contributed by atoms with E-state index in [4.69, 9.17) is 19.4 Å². The molecule has 0 N–H and O–H groups in total. The molecule has 0 aliphatic heterocycles. The maximum atomic E-state index is 6.71. The summed E-state index contributed by atoms with van der Waals surface area (Å²) in [6, 6.07) is 61.3. The molecule has 3 heterocycles. The molecule has 0 atom stereocenters. The first-order valence-corrected chi connectivity index (χ1v) is 18.8. The minimum absolute atomic E-state index is 0.601. The molecular weight excluding hydrogens is 679 g/mol. The lowest BCUT2D eigenvalue weighted by Gasteiger charge is -2.12. The molecule has 0 aliphatic rings. The summed E-state index contributed by atoms with van der Waals surface area (Å²) in [4.78, 5) is 15.7. The maximum Gasteiger partial charge on any atom is 0.164 e. The first-order valence-electron chi connectivity index (χ1n) is 18.0. The second-order valence-corrected chi connectivity index (χ2v) is 14.6. The van der Waals surface area contributed by atoms with Crippen LogP contribution < -0.4 is 0 Å². The Bertz CT molecular complexity index is 3200. The zero-order chi connectivity index (χ0) is 35.6. The average Bonchev–Trinajstić information content (AvgIpc) is 3.83. The van der Waals surface area contributed by atoms with E-state index in [9.17, 15) is 0 Å². The van der Waals surface area contributed by atoms with Gasteiger partial charge in [0, 0.05) is 58.6 Å². The lowest BCUT2D eigenvalue weighted by molar-refractivity contribution is 0.670. The molecule has 0 radical (unpaired) electrons. The number of rotatable bonds is 5. The van der Waals surface area contributed by atoms with Crippen molar-refractivity contribution in [2.24, 2.45) is 0 Å². The number of benzene rings is 8.